The van der Waals surface area contributed by atoms with Gasteiger partial charge in [-0.25, -0.2) is 0 Å². The minimum atomic E-state index is 0.0792. The number of hydrogen-bond acceptors (Lipinski definition) is 4. The molecule has 1 fully saturated rings. The van der Waals surface area contributed by atoms with E-state index in [0.29, 0.717) is 6.54 Å². The molecule has 1 atom stereocenters. The molecule has 156 valence electrons. The van der Waals surface area contributed by atoms with E-state index in [1.165, 1.54) is 5.69 Å². The highest BCUT2D eigenvalue weighted by atomic mass is 16.2. The fourth-order valence-corrected chi connectivity index (χ4v) is 3.41. The molecule has 0 radical (unpaired) electrons. The molecule has 1 saturated heterocycles. The number of amides is 1. The number of carbonyl (C=O) groups is 1. The van der Waals surface area contributed by atoms with E-state index in [1.807, 2.05) is 51.1 Å². The summed E-state index contributed by atoms with van der Waals surface area (Å²) < 4.78 is 0. The highest BCUT2D eigenvalue weighted by molar-refractivity contribution is 5.99. The number of allylic oxidation sites excluding steroid dienone is 1. The Morgan fingerprint density at radius 3 is 2.43 bits per heavy atom. The highest BCUT2D eigenvalue weighted by Crippen LogP contribution is 2.30. The summed E-state index contributed by atoms with van der Waals surface area (Å²) in [6, 6.07) is 6.34. The first-order valence-corrected chi connectivity index (χ1v) is 10.4. The molecule has 0 aliphatic carbocycles. The van der Waals surface area contributed by atoms with Gasteiger partial charge in [0.15, 0.2) is 0 Å². The lowest BCUT2D eigenvalue weighted by Crippen LogP contribution is -2.43. The average molecular weight is 387 g/mol. The lowest BCUT2D eigenvalue weighted by atomic mass is 10.1. The molecule has 1 aromatic carbocycles. The maximum absolute atomic E-state index is 12.7. The molecule has 2 N–H and O–H groups in total. The van der Waals surface area contributed by atoms with Crippen LogP contribution in [0.5, 0.6) is 0 Å². The van der Waals surface area contributed by atoms with Crippen LogP contribution >= 0.6 is 0 Å². The molecular weight excluding hydrogens is 348 g/mol. The Labute approximate surface area is 171 Å². The first-order valence-electron chi connectivity index (χ1n) is 10.4. The van der Waals surface area contributed by atoms with Crippen molar-refractivity contribution < 1.29 is 4.79 Å². The SMILES string of the molecule is C=CCCC(C=C)N1Cc2cc(N3CCNCC3)ccc2C1=O.CC.CNC. The van der Waals surface area contributed by atoms with Crippen molar-refractivity contribution in [1.29, 1.82) is 0 Å². The fourth-order valence-electron chi connectivity index (χ4n) is 3.41. The second-order valence-electron chi connectivity index (χ2n) is 6.68. The Kier molecular flexibility index (Phi) is 11.2. The summed E-state index contributed by atoms with van der Waals surface area (Å²) in [5.41, 5.74) is 3.20. The number of benzene rings is 1. The zero-order chi connectivity index (χ0) is 20.9. The molecule has 0 bridgehead atoms. The third-order valence-corrected chi connectivity index (χ3v) is 4.74. The molecule has 3 rings (SSSR count). The van der Waals surface area contributed by atoms with Crippen LogP contribution in [0.3, 0.4) is 0 Å². The number of nitrogens with zero attached hydrogens (tertiary/aromatic N) is 2. The molecule has 5 heteroatoms. The van der Waals surface area contributed by atoms with Gasteiger partial charge in [0.1, 0.15) is 0 Å². The minimum Gasteiger partial charge on any atom is -0.369 e. The Morgan fingerprint density at radius 2 is 1.86 bits per heavy atom. The smallest absolute Gasteiger partial charge is 0.254 e. The Morgan fingerprint density at radius 1 is 1.21 bits per heavy atom. The molecule has 28 heavy (non-hydrogen) atoms. The number of nitrogens with one attached hydrogen (secondary N) is 2. The van der Waals surface area contributed by atoms with E-state index in [-0.39, 0.29) is 11.9 Å². The molecule has 2 aliphatic rings. The van der Waals surface area contributed by atoms with Crippen LogP contribution in [0.4, 0.5) is 5.69 Å². The van der Waals surface area contributed by atoms with Crippen molar-refractivity contribution in [2.75, 3.05) is 45.2 Å². The summed E-state index contributed by atoms with van der Waals surface area (Å²) in [5.74, 6) is 0.126. The van der Waals surface area contributed by atoms with Gasteiger partial charge in [0.25, 0.3) is 5.91 Å². The van der Waals surface area contributed by atoms with Crippen LogP contribution in [0.1, 0.15) is 42.6 Å². The molecule has 2 heterocycles. The predicted octanol–water partition coefficient (Wildman–Crippen LogP) is 3.43. The van der Waals surface area contributed by atoms with Gasteiger partial charge in [0.05, 0.1) is 6.04 Å². The highest BCUT2D eigenvalue weighted by Gasteiger charge is 2.31. The topological polar surface area (TPSA) is 47.6 Å². The maximum atomic E-state index is 12.7. The lowest BCUT2D eigenvalue weighted by Gasteiger charge is -2.29. The van der Waals surface area contributed by atoms with Crippen LogP contribution in [0, 0.1) is 0 Å². The number of hydrogen-bond donors (Lipinski definition) is 2. The van der Waals surface area contributed by atoms with E-state index in [4.69, 9.17) is 0 Å². The summed E-state index contributed by atoms with van der Waals surface area (Å²) >= 11 is 0. The van der Waals surface area contributed by atoms with Gasteiger partial charge in [0, 0.05) is 44.0 Å². The molecule has 1 unspecified atom stereocenters. The van der Waals surface area contributed by atoms with E-state index in [2.05, 4.69) is 40.8 Å². The lowest BCUT2D eigenvalue weighted by molar-refractivity contribution is 0.0732. The quantitative estimate of drug-likeness (QED) is 0.736. The van der Waals surface area contributed by atoms with Crippen molar-refractivity contribution >= 4 is 11.6 Å². The second kappa shape index (κ2) is 13.1. The van der Waals surface area contributed by atoms with Gasteiger partial charge in [0.2, 0.25) is 0 Å². The third kappa shape index (κ3) is 6.21. The van der Waals surface area contributed by atoms with Crippen LogP contribution in [0.15, 0.2) is 43.5 Å². The Hall–Kier alpha value is -2.11. The van der Waals surface area contributed by atoms with Crippen molar-refractivity contribution in [2.45, 2.75) is 39.3 Å². The summed E-state index contributed by atoms with van der Waals surface area (Å²) in [7, 11) is 3.75. The van der Waals surface area contributed by atoms with E-state index >= 15 is 0 Å². The van der Waals surface area contributed by atoms with E-state index < -0.39 is 0 Å². The maximum Gasteiger partial charge on any atom is 0.254 e. The fraction of sp³-hybridized carbons (Fsp3) is 0.522. The molecule has 0 aromatic heterocycles. The first kappa shape index (κ1) is 23.9. The van der Waals surface area contributed by atoms with Gasteiger partial charge in [-0.05, 0) is 50.7 Å². The number of rotatable bonds is 6. The zero-order valence-electron chi connectivity index (χ0n) is 18.1. The number of fused-ring (bicyclic) bond motifs is 1. The van der Waals surface area contributed by atoms with Crippen molar-refractivity contribution in [3.8, 4) is 0 Å². The van der Waals surface area contributed by atoms with E-state index in [0.717, 1.165) is 50.1 Å². The predicted molar refractivity (Wildman–Crippen MR) is 121 cm³/mol. The van der Waals surface area contributed by atoms with Crippen LogP contribution in [-0.2, 0) is 6.54 Å². The standard InChI is InChI=1S/C19H25N3O.C2H7N.C2H6/c1-3-5-6-16(4-2)22-14-15-13-17(7-8-18(15)19(22)23)21-11-9-20-10-12-21;1-3-2;1-2/h3-4,7-8,13,16,20H,1-2,5-6,9-12,14H2;3H,1-2H3;1-2H3. The number of carbonyl (C=O) groups excluding carboxylic acids is 1. The van der Waals surface area contributed by atoms with Crippen molar-refractivity contribution in [1.82, 2.24) is 15.5 Å². The number of piperazine rings is 1. The Bertz CT molecular complexity index is 623. The van der Waals surface area contributed by atoms with Crippen LogP contribution in [-0.4, -0.2) is 57.1 Å². The number of anilines is 1. The van der Waals surface area contributed by atoms with E-state index in [1.54, 1.807) is 0 Å². The van der Waals surface area contributed by atoms with Gasteiger partial charge in [-0.1, -0.05) is 26.0 Å². The molecule has 1 amide bonds. The summed E-state index contributed by atoms with van der Waals surface area (Å²) in [6.45, 7) is 16.4. The average Bonchev–Trinajstić information content (AvgIpc) is 3.07. The largest absolute Gasteiger partial charge is 0.369 e. The zero-order valence-corrected chi connectivity index (χ0v) is 18.1. The van der Waals surface area contributed by atoms with Crippen LogP contribution in [0.2, 0.25) is 0 Å². The summed E-state index contributed by atoms with van der Waals surface area (Å²) in [5, 5.41) is 6.12. The van der Waals surface area contributed by atoms with Crippen molar-refractivity contribution in [3.63, 3.8) is 0 Å². The summed E-state index contributed by atoms with van der Waals surface area (Å²) in [6.07, 6.45) is 5.55. The molecule has 0 saturated carbocycles. The van der Waals surface area contributed by atoms with E-state index in [9.17, 15) is 4.79 Å². The van der Waals surface area contributed by atoms with Crippen LogP contribution < -0.4 is 15.5 Å². The van der Waals surface area contributed by atoms with Gasteiger partial charge in [-0.15, -0.1) is 13.2 Å². The third-order valence-electron chi connectivity index (χ3n) is 4.74. The first-order chi connectivity index (χ1) is 13.7. The molecule has 2 aliphatic heterocycles. The minimum absolute atomic E-state index is 0.0792. The van der Waals surface area contributed by atoms with Gasteiger partial charge < -0.3 is 20.4 Å². The normalized spacial score (nSPS) is 16.2. The monoisotopic (exact) mass is 386 g/mol. The van der Waals surface area contributed by atoms with Gasteiger partial charge in [-0.3, -0.25) is 4.79 Å². The van der Waals surface area contributed by atoms with Crippen LogP contribution in [0.25, 0.3) is 0 Å². The second-order valence-corrected chi connectivity index (χ2v) is 6.68. The van der Waals surface area contributed by atoms with Gasteiger partial charge >= 0.3 is 0 Å². The molecular formula is C23H38N4O. The van der Waals surface area contributed by atoms with Gasteiger partial charge in [-0.2, -0.15) is 0 Å². The van der Waals surface area contributed by atoms with Crippen molar-refractivity contribution in [2.24, 2.45) is 0 Å². The van der Waals surface area contributed by atoms with Crippen molar-refractivity contribution in [3.05, 3.63) is 54.6 Å². The molecule has 0 spiro atoms. The molecule has 1 aromatic rings. The molecule has 5 nitrogen and oxygen atoms in total. The summed E-state index contributed by atoms with van der Waals surface area (Å²) in [4.78, 5) is 17.0. The Balaban J connectivity index is 0.000000717.